The second kappa shape index (κ2) is 7.78. The van der Waals surface area contributed by atoms with Gasteiger partial charge in [-0.15, -0.1) is 0 Å². The van der Waals surface area contributed by atoms with Crippen LogP contribution in [0, 0.1) is 0 Å². The fourth-order valence-corrected chi connectivity index (χ4v) is 4.63. The summed E-state index contributed by atoms with van der Waals surface area (Å²) in [7, 11) is 2.01. The molecule has 4 rings (SSSR count). The molecule has 1 aromatic heterocycles. The highest BCUT2D eigenvalue weighted by Crippen LogP contribution is 2.30. The molecule has 6 nitrogen and oxygen atoms in total. The maximum absolute atomic E-state index is 13.4. The molecule has 1 fully saturated rings. The van der Waals surface area contributed by atoms with Crippen molar-refractivity contribution >= 4 is 17.5 Å². The highest BCUT2D eigenvalue weighted by atomic mass is 16.2. The van der Waals surface area contributed by atoms with Crippen LogP contribution in [0.25, 0.3) is 0 Å². The third kappa shape index (κ3) is 3.68. The lowest BCUT2D eigenvalue weighted by Gasteiger charge is -2.29. The summed E-state index contributed by atoms with van der Waals surface area (Å²) in [6, 6.07) is 7.47. The van der Waals surface area contributed by atoms with E-state index in [2.05, 4.69) is 5.32 Å². The summed E-state index contributed by atoms with van der Waals surface area (Å²) in [5.41, 5.74) is 5.10. The molecule has 0 bridgehead atoms. The molecular formula is C22H28N4O2. The number of hydrogen-bond donors (Lipinski definition) is 1. The van der Waals surface area contributed by atoms with Gasteiger partial charge in [-0.2, -0.15) is 5.10 Å². The van der Waals surface area contributed by atoms with E-state index < -0.39 is 0 Å². The first kappa shape index (κ1) is 18.7. The fraction of sp³-hybridized carbons (Fsp3) is 0.500. The Bertz CT molecular complexity index is 879. The van der Waals surface area contributed by atoms with Crippen LogP contribution in [-0.4, -0.2) is 32.5 Å². The van der Waals surface area contributed by atoms with Crippen molar-refractivity contribution in [2.75, 3.05) is 5.32 Å². The molecule has 6 heteroatoms. The molecular weight excluding hydrogens is 352 g/mol. The topological polar surface area (TPSA) is 67.2 Å². The van der Waals surface area contributed by atoms with E-state index >= 15 is 0 Å². The molecule has 2 amide bonds. The number of nitrogens with one attached hydrogen (secondary N) is 1. The van der Waals surface area contributed by atoms with Gasteiger partial charge in [0.1, 0.15) is 0 Å². The standard InChI is InChI=1S/C22H28N4O2/c1-15(27)23-17-12-10-16(11-13-17)22(28)26(18-6-3-4-7-18)14-20-19-8-5-9-21(19)25(2)24-20/h10-13,18H,3-9,14H2,1-2H3,(H,23,27). The van der Waals surface area contributed by atoms with Gasteiger partial charge >= 0.3 is 0 Å². The summed E-state index contributed by atoms with van der Waals surface area (Å²) >= 11 is 0. The van der Waals surface area contributed by atoms with Crippen LogP contribution in [-0.2, 0) is 31.2 Å². The van der Waals surface area contributed by atoms with Crippen LogP contribution in [0.1, 0.15) is 66.3 Å². The van der Waals surface area contributed by atoms with Gasteiger partial charge in [0.15, 0.2) is 0 Å². The van der Waals surface area contributed by atoms with Gasteiger partial charge in [0.25, 0.3) is 5.91 Å². The van der Waals surface area contributed by atoms with Gasteiger partial charge in [-0.05, 0) is 61.9 Å². The lowest BCUT2D eigenvalue weighted by atomic mass is 10.1. The number of benzene rings is 1. The smallest absolute Gasteiger partial charge is 0.254 e. The minimum Gasteiger partial charge on any atom is -0.330 e. The van der Waals surface area contributed by atoms with Crippen LogP contribution in [0.15, 0.2) is 24.3 Å². The molecule has 1 N–H and O–H groups in total. The molecule has 2 aliphatic rings. The Morgan fingerprint density at radius 1 is 1.14 bits per heavy atom. The summed E-state index contributed by atoms with van der Waals surface area (Å²) in [6.07, 6.45) is 7.80. The zero-order valence-electron chi connectivity index (χ0n) is 16.7. The van der Waals surface area contributed by atoms with Crippen LogP contribution in [0.3, 0.4) is 0 Å². The van der Waals surface area contributed by atoms with Gasteiger partial charge in [0.05, 0.1) is 12.2 Å². The normalized spacial score (nSPS) is 16.2. The van der Waals surface area contributed by atoms with Crippen molar-refractivity contribution in [2.24, 2.45) is 7.05 Å². The number of carbonyl (C=O) groups is 2. The largest absolute Gasteiger partial charge is 0.330 e. The van der Waals surface area contributed by atoms with Crippen molar-refractivity contribution in [3.63, 3.8) is 0 Å². The number of nitrogens with zero attached hydrogens (tertiary/aromatic N) is 3. The van der Waals surface area contributed by atoms with E-state index in [4.69, 9.17) is 5.10 Å². The molecule has 0 radical (unpaired) electrons. The first-order valence-corrected chi connectivity index (χ1v) is 10.2. The average molecular weight is 380 g/mol. The zero-order valence-corrected chi connectivity index (χ0v) is 16.7. The SMILES string of the molecule is CC(=O)Nc1ccc(C(=O)N(Cc2nn(C)c3c2CCC3)C2CCCC2)cc1. The Balaban J connectivity index is 1.58. The van der Waals surface area contributed by atoms with Crippen LogP contribution in [0.2, 0.25) is 0 Å². The molecule has 0 saturated heterocycles. The fourth-order valence-electron chi connectivity index (χ4n) is 4.63. The predicted octanol–water partition coefficient (Wildman–Crippen LogP) is 3.45. The molecule has 1 aromatic carbocycles. The second-order valence-corrected chi connectivity index (χ2v) is 7.98. The summed E-state index contributed by atoms with van der Waals surface area (Å²) < 4.78 is 2.00. The number of amides is 2. The van der Waals surface area contributed by atoms with E-state index in [1.165, 1.54) is 37.4 Å². The molecule has 1 saturated carbocycles. The average Bonchev–Trinajstić information content (AvgIpc) is 3.40. The molecule has 2 aromatic rings. The van der Waals surface area contributed by atoms with Crippen molar-refractivity contribution in [3.05, 3.63) is 46.8 Å². The number of anilines is 1. The molecule has 148 valence electrons. The molecule has 0 aliphatic heterocycles. The minimum absolute atomic E-state index is 0.0543. The van der Waals surface area contributed by atoms with Gasteiger partial charge in [-0.25, -0.2) is 0 Å². The van der Waals surface area contributed by atoms with E-state index in [0.717, 1.165) is 31.4 Å². The number of aromatic nitrogens is 2. The first-order valence-electron chi connectivity index (χ1n) is 10.2. The Morgan fingerprint density at radius 3 is 2.54 bits per heavy atom. The van der Waals surface area contributed by atoms with Gasteiger partial charge in [0.2, 0.25) is 5.91 Å². The first-order chi connectivity index (χ1) is 13.5. The van der Waals surface area contributed by atoms with Crippen molar-refractivity contribution in [2.45, 2.75) is 64.5 Å². The van der Waals surface area contributed by atoms with Crippen molar-refractivity contribution in [1.29, 1.82) is 0 Å². The molecule has 2 aliphatic carbocycles. The van der Waals surface area contributed by atoms with E-state index in [9.17, 15) is 9.59 Å². The highest BCUT2D eigenvalue weighted by Gasteiger charge is 2.30. The summed E-state index contributed by atoms with van der Waals surface area (Å²) in [6.45, 7) is 2.06. The van der Waals surface area contributed by atoms with E-state index in [1.54, 1.807) is 24.3 Å². The molecule has 28 heavy (non-hydrogen) atoms. The summed E-state index contributed by atoms with van der Waals surface area (Å²) in [5.74, 6) is -0.0608. The lowest BCUT2D eigenvalue weighted by molar-refractivity contribution is -0.114. The minimum atomic E-state index is -0.115. The number of hydrogen-bond acceptors (Lipinski definition) is 3. The molecule has 0 atom stereocenters. The van der Waals surface area contributed by atoms with Crippen LogP contribution in [0.5, 0.6) is 0 Å². The van der Waals surface area contributed by atoms with Gasteiger partial charge in [-0.3, -0.25) is 14.3 Å². The van der Waals surface area contributed by atoms with Gasteiger partial charge in [-0.1, -0.05) is 12.8 Å². The zero-order chi connectivity index (χ0) is 19.7. The molecule has 0 spiro atoms. The van der Waals surface area contributed by atoms with E-state index in [1.807, 2.05) is 16.6 Å². The van der Waals surface area contributed by atoms with Gasteiger partial charge < -0.3 is 10.2 Å². The van der Waals surface area contributed by atoms with Crippen LogP contribution < -0.4 is 5.32 Å². The monoisotopic (exact) mass is 380 g/mol. The number of rotatable bonds is 5. The summed E-state index contributed by atoms with van der Waals surface area (Å²) in [4.78, 5) is 26.6. The lowest BCUT2D eigenvalue weighted by Crippen LogP contribution is -2.38. The Hall–Kier alpha value is -2.63. The van der Waals surface area contributed by atoms with Crippen molar-refractivity contribution < 1.29 is 9.59 Å². The van der Waals surface area contributed by atoms with Crippen LogP contribution >= 0.6 is 0 Å². The Kier molecular flexibility index (Phi) is 5.20. The Labute approximate surface area is 165 Å². The maximum Gasteiger partial charge on any atom is 0.254 e. The van der Waals surface area contributed by atoms with Crippen molar-refractivity contribution in [1.82, 2.24) is 14.7 Å². The third-order valence-corrected chi connectivity index (χ3v) is 6.00. The Morgan fingerprint density at radius 2 is 1.86 bits per heavy atom. The predicted molar refractivity (Wildman–Crippen MR) is 108 cm³/mol. The summed E-state index contributed by atoms with van der Waals surface area (Å²) in [5, 5.41) is 7.49. The second-order valence-electron chi connectivity index (χ2n) is 7.98. The molecule has 0 unspecified atom stereocenters. The van der Waals surface area contributed by atoms with Crippen LogP contribution in [0.4, 0.5) is 5.69 Å². The number of fused-ring (bicyclic) bond motifs is 1. The van der Waals surface area contributed by atoms with Crippen molar-refractivity contribution in [3.8, 4) is 0 Å². The quantitative estimate of drug-likeness (QED) is 0.864. The van der Waals surface area contributed by atoms with Gasteiger partial charge in [0, 0.05) is 37.0 Å². The highest BCUT2D eigenvalue weighted by molar-refractivity contribution is 5.95. The van der Waals surface area contributed by atoms with E-state index in [-0.39, 0.29) is 17.9 Å². The maximum atomic E-state index is 13.4. The number of aryl methyl sites for hydroxylation is 1. The molecule has 1 heterocycles. The number of carbonyl (C=O) groups excluding carboxylic acids is 2. The van der Waals surface area contributed by atoms with E-state index in [0.29, 0.717) is 17.8 Å². The third-order valence-electron chi connectivity index (χ3n) is 6.00.